The van der Waals surface area contributed by atoms with Gasteiger partial charge in [0.05, 0.1) is 11.0 Å². The Hall–Kier alpha value is -2.61. The summed E-state index contributed by atoms with van der Waals surface area (Å²) in [6.07, 6.45) is 1.01. The van der Waals surface area contributed by atoms with Gasteiger partial charge in [-0.1, -0.05) is 30.7 Å². The molecule has 4 aromatic rings. The van der Waals surface area contributed by atoms with Crippen molar-refractivity contribution in [2.45, 2.75) is 20.3 Å². The normalized spacial score (nSPS) is 11.4. The fourth-order valence-electron chi connectivity index (χ4n) is 3.30. The second-order valence-corrected chi connectivity index (χ2v) is 6.04. The minimum Gasteiger partial charge on any atom is -0.309 e. The fraction of sp³-hybridized carbons (Fsp3) is 0.143. The number of halogens is 1. The average Bonchev–Trinajstić information content (AvgIpc) is 2.87. The molecule has 2 heteroatoms. The Morgan fingerprint density at radius 1 is 0.870 bits per heavy atom. The molecule has 1 nitrogen and oxygen atoms in total. The molecule has 0 bridgehead atoms. The minimum absolute atomic E-state index is 0.213. The van der Waals surface area contributed by atoms with E-state index in [1.54, 1.807) is 12.1 Å². The number of aryl methyl sites for hydroxylation is 2. The van der Waals surface area contributed by atoms with Crippen LogP contribution in [-0.2, 0) is 6.42 Å². The molecule has 0 saturated heterocycles. The van der Waals surface area contributed by atoms with Crippen molar-refractivity contribution in [2.75, 3.05) is 0 Å². The molecular formula is C21H18FN. The summed E-state index contributed by atoms with van der Waals surface area (Å²) < 4.78 is 15.9. The Morgan fingerprint density at radius 3 is 2.35 bits per heavy atom. The first kappa shape index (κ1) is 14.0. The third kappa shape index (κ3) is 2.22. The molecule has 0 unspecified atom stereocenters. The van der Waals surface area contributed by atoms with Gasteiger partial charge >= 0.3 is 0 Å². The molecule has 0 aliphatic carbocycles. The van der Waals surface area contributed by atoms with E-state index in [2.05, 4.69) is 54.8 Å². The summed E-state index contributed by atoms with van der Waals surface area (Å²) in [7, 11) is 0. The van der Waals surface area contributed by atoms with Crippen LogP contribution in [0, 0.1) is 12.7 Å². The molecule has 0 N–H and O–H groups in total. The van der Waals surface area contributed by atoms with Gasteiger partial charge in [0.1, 0.15) is 5.82 Å². The van der Waals surface area contributed by atoms with Gasteiger partial charge in [0.15, 0.2) is 0 Å². The fourth-order valence-corrected chi connectivity index (χ4v) is 3.30. The van der Waals surface area contributed by atoms with Crippen molar-refractivity contribution in [1.29, 1.82) is 0 Å². The molecular weight excluding hydrogens is 285 g/mol. The summed E-state index contributed by atoms with van der Waals surface area (Å²) in [4.78, 5) is 0. The molecule has 0 amide bonds. The van der Waals surface area contributed by atoms with Gasteiger partial charge in [-0.05, 0) is 61.4 Å². The summed E-state index contributed by atoms with van der Waals surface area (Å²) in [5, 5.41) is 2.45. The van der Waals surface area contributed by atoms with Crippen LogP contribution in [0.1, 0.15) is 18.1 Å². The highest BCUT2D eigenvalue weighted by molar-refractivity contribution is 6.09. The number of fused-ring (bicyclic) bond motifs is 3. The molecule has 4 rings (SSSR count). The minimum atomic E-state index is -0.213. The number of benzene rings is 3. The van der Waals surface area contributed by atoms with Crippen LogP contribution in [0.15, 0.2) is 60.7 Å². The number of rotatable bonds is 2. The van der Waals surface area contributed by atoms with Crippen molar-refractivity contribution < 1.29 is 4.39 Å². The van der Waals surface area contributed by atoms with Crippen LogP contribution in [0.3, 0.4) is 0 Å². The highest BCUT2D eigenvalue weighted by Gasteiger charge is 2.13. The van der Waals surface area contributed by atoms with Crippen molar-refractivity contribution in [3.05, 3.63) is 77.6 Å². The quantitative estimate of drug-likeness (QED) is 0.441. The van der Waals surface area contributed by atoms with E-state index in [1.807, 2.05) is 6.07 Å². The van der Waals surface area contributed by atoms with Crippen LogP contribution in [-0.4, -0.2) is 4.57 Å². The molecule has 0 aliphatic heterocycles. The number of hydrogen-bond acceptors (Lipinski definition) is 0. The maximum atomic E-state index is 13.7. The molecule has 0 radical (unpaired) electrons. The van der Waals surface area contributed by atoms with E-state index >= 15 is 0 Å². The van der Waals surface area contributed by atoms with Crippen molar-refractivity contribution in [2.24, 2.45) is 0 Å². The van der Waals surface area contributed by atoms with E-state index in [0.29, 0.717) is 0 Å². The van der Waals surface area contributed by atoms with E-state index in [-0.39, 0.29) is 5.82 Å². The first-order valence-electron chi connectivity index (χ1n) is 7.97. The monoisotopic (exact) mass is 303 g/mol. The number of aromatic nitrogens is 1. The van der Waals surface area contributed by atoms with Gasteiger partial charge in [-0.15, -0.1) is 0 Å². The molecule has 1 aromatic heterocycles. The summed E-state index contributed by atoms with van der Waals surface area (Å²) in [6, 6.07) is 19.8. The number of nitrogens with zero attached hydrogens (tertiary/aromatic N) is 1. The Balaban J connectivity index is 2.16. The van der Waals surface area contributed by atoms with Gasteiger partial charge in [-0.25, -0.2) is 4.39 Å². The number of hydrogen-bond donors (Lipinski definition) is 0. The molecule has 114 valence electrons. The Morgan fingerprint density at radius 2 is 1.61 bits per heavy atom. The van der Waals surface area contributed by atoms with Gasteiger partial charge in [0.2, 0.25) is 0 Å². The molecule has 0 fully saturated rings. The molecule has 0 atom stereocenters. The van der Waals surface area contributed by atoms with Gasteiger partial charge in [0.25, 0.3) is 0 Å². The SMILES string of the molecule is CCc1ccc2c(c1)c1cc(C)ccc1n2-c1cccc(F)c1. The lowest BCUT2D eigenvalue weighted by Gasteiger charge is -2.08. The lowest BCUT2D eigenvalue weighted by atomic mass is 10.1. The topological polar surface area (TPSA) is 4.93 Å². The van der Waals surface area contributed by atoms with Gasteiger partial charge in [0, 0.05) is 16.5 Å². The van der Waals surface area contributed by atoms with Crippen LogP contribution in [0.2, 0.25) is 0 Å². The van der Waals surface area contributed by atoms with E-state index in [0.717, 1.165) is 23.1 Å². The van der Waals surface area contributed by atoms with Gasteiger partial charge < -0.3 is 4.57 Å². The van der Waals surface area contributed by atoms with E-state index in [4.69, 9.17) is 0 Å². The third-order valence-electron chi connectivity index (χ3n) is 4.46. The first-order valence-corrected chi connectivity index (χ1v) is 7.97. The van der Waals surface area contributed by atoms with E-state index < -0.39 is 0 Å². The largest absolute Gasteiger partial charge is 0.309 e. The van der Waals surface area contributed by atoms with Crippen molar-refractivity contribution in [3.63, 3.8) is 0 Å². The lowest BCUT2D eigenvalue weighted by Crippen LogP contribution is -1.94. The zero-order valence-electron chi connectivity index (χ0n) is 13.3. The maximum absolute atomic E-state index is 13.7. The Bertz CT molecular complexity index is 1030. The zero-order valence-corrected chi connectivity index (χ0v) is 13.3. The van der Waals surface area contributed by atoms with E-state index in [1.165, 1.54) is 28.0 Å². The molecule has 3 aromatic carbocycles. The predicted octanol–water partition coefficient (Wildman–Crippen LogP) is 5.79. The highest BCUT2D eigenvalue weighted by atomic mass is 19.1. The lowest BCUT2D eigenvalue weighted by molar-refractivity contribution is 0.627. The van der Waals surface area contributed by atoms with Crippen molar-refractivity contribution >= 4 is 21.8 Å². The van der Waals surface area contributed by atoms with Gasteiger partial charge in [-0.3, -0.25) is 0 Å². The maximum Gasteiger partial charge on any atom is 0.125 e. The predicted molar refractivity (Wildman–Crippen MR) is 94.9 cm³/mol. The molecule has 1 heterocycles. The van der Waals surface area contributed by atoms with Crippen LogP contribution < -0.4 is 0 Å². The van der Waals surface area contributed by atoms with Crippen molar-refractivity contribution in [1.82, 2.24) is 4.57 Å². The van der Waals surface area contributed by atoms with Crippen LogP contribution in [0.4, 0.5) is 4.39 Å². The average molecular weight is 303 g/mol. The summed E-state index contributed by atoms with van der Waals surface area (Å²) in [5.41, 5.74) is 5.64. The second kappa shape index (κ2) is 5.24. The highest BCUT2D eigenvalue weighted by Crippen LogP contribution is 2.33. The van der Waals surface area contributed by atoms with Gasteiger partial charge in [-0.2, -0.15) is 0 Å². The molecule has 0 saturated carbocycles. The summed E-state index contributed by atoms with van der Waals surface area (Å²) in [5.74, 6) is -0.213. The van der Waals surface area contributed by atoms with Crippen molar-refractivity contribution in [3.8, 4) is 5.69 Å². The van der Waals surface area contributed by atoms with Crippen LogP contribution in [0.5, 0.6) is 0 Å². The third-order valence-corrected chi connectivity index (χ3v) is 4.46. The zero-order chi connectivity index (χ0) is 16.0. The Labute approximate surface area is 135 Å². The molecule has 23 heavy (non-hydrogen) atoms. The first-order chi connectivity index (χ1) is 11.2. The smallest absolute Gasteiger partial charge is 0.125 e. The van der Waals surface area contributed by atoms with Crippen LogP contribution in [0.25, 0.3) is 27.5 Å². The summed E-state index contributed by atoms with van der Waals surface area (Å²) >= 11 is 0. The molecule has 0 aliphatic rings. The standard InChI is InChI=1S/C21H18FN/c1-3-15-8-10-21-19(12-15)18-11-14(2)7-9-20(18)23(21)17-6-4-5-16(22)13-17/h4-13H,3H2,1-2H3. The Kier molecular flexibility index (Phi) is 3.19. The van der Waals surface area contributed by atoms with E-state index in [9.17, 15) is 4.39 Å². The molecule has 0 spiro atoms. The summed E-state index contributed by atoms with van der Waals surface area (Å²) in [6.45, 7) is 4.27. The van der Waals surface area contributed by atoms with Crippen LogP contribution >= 0.6 is 0 Å². The second-order valence-electron chi connectivity index (χ2n) is 6.04.